The number of hydrogen-bond donors (Lipinski definition) is 1. The van der Waals surface area contributed by atoms with Gasteiger partial charge in [-0.25, -0.2) is 4.79 Å². The first-order valence-electron chi connectivity index (χ1n) is 2.63. The van der Waals surface area contributed by atoms with Crippen LogP contribution in [0.1, 0.15) is 6.92 Å². The maximum absolute atomic E-state index is 10.5. The summed E-state index contributed by atoms with van der Waals surface area (Å²) >= 11 is 1.92. The van der Waals surface area contributed by atoms with Crippen LogP contribution in [0.15, 0.2) is 0 Å². The minimum absolute atomic E-state index is 0.326. The summed E-state index contributed by atoms with van der Waals surface area (Å²) < 4.78 is 4.89. The van der Waals surface area contributed by atoms with E-state index in [-0.39, 0.29) is 0 Å². The lowest BCUT2D eigenvalue weighted by molar-refractivity contribution is -0.151. The van der Waals surface area contributed by atoms with E-state index < -0.39 is 12.1 Å². The Morgan fingerprint density at radius 1 is 1.89 bits per heavy atom. The van der Waals surface area contributed by atoms with E-state index in [0.29, 0.717) is 11.0 Å². The van der Waals surface area contributed by atoms with Crippen molar-refractivity contribution >= 4 is 28.6 Å². The topological polar surface area (TPSA) is 46.5 Å². The van der Waals surface area contributed by atoms with Crippen molar-refractivity contribution in [2.75, 3.05) is 11.0 Å². The van der Waals surface area contributed by atoms with E-state index in [0.717, 1.165) is 0 Å². The number of hydrogen-bond acceptors (Lipinski definition) is 3. The highest BCUT2D eigenvalue weighted by atomic mass is 127. The number of carbonyl (C=O) groups is 1. The van der Waals surface area contributed by atoms with Gasteiger partial charge in [0.1, 0.15) is 0 Å². The third kappa shape index (κ3) is 3.69. The quantitative estimate of drug-likeness (QED) is 0.442. The van der Waals surface area contributed by atoms with Crippen LogP contribution in [0.4, 0.5) is 0 Å². The van der Waals surface area contributed by atoms with Crippen molar-refractivity contribution in [1.29, 1.82) is 0 Å². The van der Waals surface area contributed by atoms with Crippen LogP contribution in [0.5, 0.6) is 0 Å². The van der Waals surface area contributed by atoms with Gasteiger partial charge in [0.25, 0.3) is 0 Å². The average Bonchev–Trinajstić information content (AvgIpc) is 1.87. The first-order chi connectivity index (χ1) is 4.22. The molecule has 0 radical (unpaired) electrons. The zero-order valence-electron chi connectivity index (χ0n) is 5.13. The van der Waals surface area contributed by atoms with Crippen molar-refractivity contribution in [2.45, 2.75) is 13.0 Å². The molecule has 9 heavy (non-hydrogen) atoms. The highest BCUT2D eigenvalue weighted by Gasteiger charge is 2.12. The Balaban J connectivity index is 3.46. The molecule has 1 N–H and O–H groups in total. The molecule has 1 unspecified atom stereocenters. The second-order valence-corrected chi connectivity index (χ2v) is 2.30. The molecule has 0 fully saturated rings. The first-order valence-corrected chi connectivity index (χ1v) is 4.15. The maximum Gasteiger partial charge on any atom is 0.335 e. The molecule has 0 amide bonds. The van der Waals surface area contributed by atoms with Gasteiger partial charge >= 0.3 is 5.97 Å². The molecule has 0 saturated heterocycles. The second kappa shape index (κ2) is 4.99. The van der Waals surface area contributed by atoms with Gasteiger partial charge in [-0.3, -0.25) is 0 Å². The number of carbonyl (C=O) groups excluding carboxylic acids is 1. The SMILES string of the molecule is CCOC(=O)C(O)CI. The molecule has 0 heterocycles. The van der Waals surface area contributed by atoms with Gasteiger partial charge in [0.2, 0.25) is 0 Å². The van der Waals surface area contributed by atoms with Gasteiger partial charge in [-0.05, 0) is 6.92 Å². The minimum atomic E-state index is -0.953. The average molecular weight is 244 g/mol. The van der Waals surface area contributed by atoms with Crippen molar-refractivity contribution in [1.82, 2.24) is 0 Å². The van der Waals surface area contributed by atoms with Crippen LogP contribution in [0.25, 0.3) is 0 Å². The number of alkyl halides is 1. The van der Waals surface area contributed by atoms with Gasteiger partial charge in [-0.2, -0.15) is 0 Å². The van der Waals surface area contributed by atoms with Gasteiger partial charge in [-0.1, -0.05) is 22.6 Å². The van der Waals surface area contributed by atoms with E-state index in [1.54, 1.807) is 6.92 Å². The zero-order chi connectivity index (χ0) is 7.28. The summed E-state index contributed by atoms with van der Waals surface area (Å²) in [6.45, 7) is 2.03. The molecule has 0 rings (SSSR count). The normalized spacial score (nSPS) is 12.8. The molecule has 0 aliphatic heterocycles. The van der Waals surface area contributed by atoms with Crippen molar-refractivity contribution in [3.8, 4) is 0 Å². The first kappa shape index (κ1) is 9.16. The molecule has 0 aromatic rings. The largest absolute Gasteiger partial charge is 0.464 e. The minimum Gasteiger partial charge on any atom is -0.464 e. The summed E-state index contributed by atoms with van der Waals surface area (Å²) in [6, 6.07) is 0. The fourth-order valence-electron chi connectivity index (χ4n) is 0.301. The van der Waals surface area contributed by atoms with Gasteiger partial charge in [-0.15, -0.1) is 0 Å². The van der Waals surface area contributed by atoms with Gasteiger partial charge in [0, 0.05) is 4.43 Å². The molecule has 54 valence electrons. The van der Waals surface area contributed by atoms with Crippen LogP contribution >= 0.6 is 22.6 Å². The molecular formula is C5H9IO3. The summed E-state index contributed by atoms with van der Waals surface area (Å²) in [5.74, 6) is -0.535. The fraction of sp³-hybridized carbons (Fsp3) is 0.800. The number of aliphatic hydroxyl groups excluding tert-OH is 1. The van der Waals surface area contributed by atoms with E-state index in [4.69, 9.17) is 5.11 Å². The third-order valence-electron chi connectivity index (χ3n) is 0.705. The third-order valence-corrected chi connectivity index (χ3v) is 1.54. The van der Waals surface area contributed by atoms with Crippen LogP contribution < -0.4 is 0 Å². The molecule has 0 bridgehead atoms. The molecule has 3 nitrogen and oxygen atoms in total. The lowest BCUT2D eigenvalue weighted by Gasteiger charge is -2.04. The van der Waals surface area contributed by atoms with E-state index in [1.807, 2.05) is 22.6 Å². The predicted octanol–water partition coefficient (Wildman–Crippen LogP) is 0.345. The molecule has 1 atom stereocenters. The molecule has 0 spiro atoms. The van der Waals surface area contributed by atoms with E-state index >= 15 is 0 Å². The standard InChI is InChI=1S/C5H9IO3/c1-2-9-5(8)4(7)3-6/h4,7H,2-3H2,1H3. The Hall–Kier alpha value is 0.160. The number of esters is 1. The maximum atomic E-state index is 10.5. The fourth-order valence-corrected chi connectivity index (χ4v) is 0.661. The lowest BCUT2D eigenvalue weighted by atomic mass is 10.4. The highest BCUT2D eigenvalue weighted by Crippen LogP contribution is 1.93. The molecule has 0 saturated carbocycles. The Labute approximate surface area is 67.5 Å². The molecule has 0 aromatic carbocycles. The van der Waals surface area contributed by atoms with Crippen LogP contribution in [-0.2, 0) is 9.53 Å². The monoisotopic (exact) mass is 244 g/mol. The Morgan fingerprint density at radius 3 is 2.78 bits per heavy atom. The van der Waals surface area contributed by atoms with E-state index in [2.05, 4.69) is 4.74 Å². The van der Waals surface area contributed by atoms with Crippen LogP contribution in [0.3, 0.4) is 0 Å². The Bertz CT molecular complexity index is 94.2. The van der Waals surface area contributed by atoms with Crippen LogP contribution in [-0.4, -0.2) is 28.2 Å². The molecule has 0 aliphatic carbocycles. The molecular weight excluding hydrogens is 235 g/mol. The van der Waals surface area contributed by atoms with Gasteiger partial charge in [0.15, 0.2) is 6.10 Å². The zero-order valence-corrected chi connectivity index (χ0v) is 7.29. The van der Waals surface area contributed by atoms with Crippen molar-refractivity contribution < 1.29 is 14.6 Å². The molecule has 4 heteroatoms. The summed E-state index contributed by atoms with van der Waals surface area (Å²) in [6.07, 6.45) is -0.953. The Kier molecular flexibility index (Phi) is 5.07. The van der Waals surface area contributed by atoms with Crippen molar-refractivity contribution in [3.05, 3.63) is 0 Å². The number of rotatable bonds is 3. The van der Waals surface area contributed by atoms with Gasteiger partial charge < -0.3 is 9.84 Å². The van der Waals surface area contributed by atoms with E-state index in [9.17, 15) is 4.79 Å². The highest BCUT2D eigenvalue weighted by molar-refractivity contribution is 14.1. The summed E-state index contributed by atoms with van der Waals surface area (Å²) in [4.78, 5) is 10.5. The summed E-state index contributed by atoms with van der Waals surface area (Å²) in [5, 5.41) is 8.78. The van der Waals surface area contributed by atoms with Crippen molar-refractivity contribution in [3.63, 3.8) is 0 Å². The molecule has 0 aliphatic rings. The van der Waals surface area contributed by atoms with Crippen LogP contribution in [0.2, 0.25) is 0 Å². The Morgan fingerprint density at radius 2 is 2.44 bits per heavy atom. The summed E-state index contributed by atoms with van der Waals surface area (Å²) in [5.41, 5.74) is 0. The predicted molar refractivity (Wildman–Crippen MR) is 41.5 cm³/mol. The number of ether oxygens (including phenoxy) is 1. The molecule has 0 aromatic heterocycles. The van der Waals surface area contributed by atoms with Gasteiger partial charge in [0.05, 0.1) is 6.61 Å². The smallest absolute Gasteiger partial charge is 0.335 e. The van der Waals surface area contributed by atoms with Crippen molar-refractivity contribution in [2.24, 2.45) is 0 Å². The lowest BCUT2D eigenvalue weighted by Crippen LogP contribution is -2.23. The van der Waals surface area contributed by atoms with Crippen LogP contribution in [0, 0.1) is 0 Å². The second-order valence-electron chi connectivity index (χ2n) is 1.42. The summed E-state index contributed by atoms with van der Waals surface area (Å²) in [7, 11) is 0. The number of aliphatic hydroxyl groups is 1. The van der Waals surface area contributed by atoms with E-state index in [1.165, 1.54) is 0 Å². The number of halogens is 1.